The lowest BCUT2D eigenvalue weighted by atomic mass is 10.1. The van der Waals surface area contributed by atoms with Crippen LogP contribution in [0.25, 0.3) is 10.9 Å². The molecule has 17 heavy (non-hydrogen) atoms. The highest BCUT2D eigenvalue weighted by Crippen LogP contribution is 2.19. The lowest BCUT2D eigenvalue weighted by molar-refractivity contribution is 0.0955. The van der Waals surface area contributed by atoms with E-state index in [0.29, 0.717) is 17.5 Å². The molecule has 90 valence electrons. The summed E-state index contributed by atoms with van der Waals surface area (Å²) in [7, 11) is 0. The summed E-state index contributed by atoms with van der Waals surface area (Å²) in [6.07, 6.45) is 3.59. The first-order chi connectivity index (χ1) is 8.22. The van der Waals surface area contributed by atoms with Crippen LogP contribution < -0.4 is 5.32 Å². The van der Waals surface area contributed by atoms with E-state index in [1.165, 1.54) is 12.1 Å². The van der Waals surface area contributed by atoms with Crippen LogP contribution in [0.15, 0.2) is 24.4 Å². The number of unbranched alkanes of at least 4 members (excludes halogenated alkanes) is 1. The molecule has 0 unspecified atom stereocenters. The molecule has 0 spiro atoms. The highest BCUT2D eigenvalue weighted by Gasteiger charge is 2.11. The van der Waals surface area contributed by atoms with Gasteiger partial charge < -0.3 is 10.3 Å². The van der Waals surface area contributed by atoms with Crippen LogP contribution >= 0.6 is 0 Å². The largest absolute Gasteiger partial charge is 0.360 e. The predicted octanol–water partition coefficient (Wildman–Crippen LogP) is 2.84. The van der Waals surface area contributed by atoms with Gasteiger partial charge in [-0.05, 0) is 24.6 Å². The fraction of sp³-hybridized carbons (Fsp3) is 0.308. The molecule has 0 atom stereocenters. The molecule has 2 N–H and O–H groups in total. The van der Waals surface area contributed by atoms with E-state index in [4.69, 9.17) is 0 Å². The van der Waals surface area contributed by atoms with Gasteiger partial charge in [-0.25, -0.2) is 4.39 Å². The molecule has 1 amide bonds. The summed E-state index contributed by atoms with van der Waals surface area (Å²) < 4.78 is 13.1. The molecule has 0 radical (unpaired) electrons. The Morgan fingerprint density at radius 1 is 1.47 bits per heavy atom. The molecular formula is C13H15FN2O. The molecule has 0 aliphatic rings. The summed E-state index contributed by atoms with van der Waals surface area (Å²) >= 11 is 0. The van der Waals surface area contributed by atoms with Gasteiger partial charge in [-0.1, -0.05) is 13.3 Å². The first-order valence-corrected chi connectivity index (χ1v) is 5.77. The van der Waals surface area contributed by atoms with E-state index in [1.807, 2.05) is 0 Å². The topological polar surface area (TPSA) is 44.9 Å². The summed E-state index contributed by atoms with van der Waals surface area (Å²) in [6, 6.07) is 4.38. The fourth-order valence-electron chi connectivity index (χ4n) is 1.75. The highest BCUT2D eigenvalue weighted by atomic mass is 19.1. The molecule has 0 aliphatic heterocycles. The summed E-state index contributed by atoms with van der Waals surface area (Å²) in [5.41, 5.74) is 1.27. The van der Waals surface area contributed by atoms with Crippen LogP contribution in [0.5, 0.6) is 0 Å². The van der Waals surface area contributed by atoms with Gasteiger partial charge in [-0.15, -0.1) is 0 Å². The Bertz CT molecular complexity index is 533. The molecule has 1 aromatic heterocycles. The molecule has 0 aliphatic carbocycles. The van der Waals surface area contributed by atoms with Crippen LogP contribution in [-0.4, -0.2) is 17.4 Å². The molecule has 3 nitrogen and oxygen atoms in total. The second-order valence-corrected chi connectivity index (χ2v) is 4.00. The number of aromatic amines is 1. The molecular weight excluding hydrogens is 219 g/mol. The van der Waals surface area contributed by atoms with Crippen molar-refractivity contribution < 1.29 is 9.18 Å². The number of fused-ring (bicyclic) bond motifs is 1. The number of benzene rings is 1. The normalized spacial score (nSPS) is 10.7. The van der Waals surface area contributed by atoms with Crippen molar-refractivity contribution in [1.82, 2.24) is 10.3 Å². The average molecular weight is 234 g/mol. The van der Waals surface area contributed by atoms with Crippen molar-refractivity contribution in [2.45, 2.75) is 19.8 Å². The number of hydrogen-bond acceptors (Lipinski definition) is 1. The Kier molecular flexibility index (Phi) is 3.42. The lowest BCUT2D eigenvalue weighted by Crippen LogP contribution is -2.24. The Morgan fingerprint density at radius 3 is 3.06 bits per heavy atom. The van der Waals surface area contributed by atoms with Crippen LogP contribution in [0, 0.1) is 5.82 Å². The van der Waals surface area contributed by atoms with E-state index in [2.05, 4.69) is 17.2 Å². The molecule has 1 aromatic carbocycles. The van der Waals surface area contributed by atoms with Crippen molar-refractivity contribution in [2.24, 2.45) is 0 Å². The maximum absolute atomic E-state index is 13.1. The van der Waals surface area contributed by atoms with Gasteiger partial charge in [0.15, 0.2) is 0 Å². The van der Waals surface area contributed by atoms with E-state index < -0.39 is 0 Å². The number of amides is 1. The average Bonchev–Trinajstić information content (AvgIpc) is 2.72. The number of carbonyl (C=O) groups excluding carboxylic acids is 1. The zero-order valence-electron chi connectivity index (χ0n) is 9.72. The number of hydrogen-bond donors (Lipinski definition) is 2. The maximum atomic E-state index is 13.1. The molecule has 0 saturated heterocycles. The monoisotopic (exact) mass is 234 g/mol. The zero-order chi connectivity index (χ0) is 12.3. The van der Waals surface area contributed by atoms with E-state index in [1.54, 1.807) is 12.3 Å². The Labute approximate surface area is 99.0 Å². The SMILES string of the molecule is CCCCNC(=O)c1c[nH]c2ccc(F)cc12. The number of aromatic nitrogens is 1. The van der Waals surface area contributed by atoms with Gasteiger partial charge >= 0.3 is 0 Å². The predicted molar refractivity (Wildman–Crippen MR) is 65.5 cm³/mol. The molecule has 2 rings (SSSR count). The second-order valence-electron chi connectivity index (χ2n) is 4.00. The van der Waals surface area contributed by atoms with Crippen LogP contribution in [0.4, 0.5) is 4.39 Å². The van der Waals surface area contributed by atoms with Crippen LogP contribution in [0.1, 0.15) is 30.1 Å². The third-order valence-electron chi connectivity index (χ3n) is 2.70. The highest BCUT2D eigenvalue weighted by molar-refractivity contribution is 6.06. The zero-order valence-corrected chi connectivity index (χ0v) is 9.72. The van der Waals surface area contributed by atoms with E-state index in [-0.39, 0.29) is 11.7 Å². The number of H-pyrrole nitrogens is 1. The fourth-order valence-corrected chi connectivity index (χ4v) is 1.75. The van der Waals surface area contributed by atoms with E-state index in [9.17, 15) is 9.18 Å². The van der Waals surface area contributed by atoms with Crippen LogP contribution in [0.3, 0.4) is 0 Å². The van der Waals surface area contributed by atoms with Gasteiger partial charge in [-0.2, -0.15) is 0 Å². The Balaban J connectivity index is 2.23. The van der Waals surface area contributed by atoms with Crippen LogP contribution in [0.2, 0.25) is 0 Å². The first kappa shape index (κ1) is 11.6. The molecule has 0 bridgehead atoms. The van der Waals surface area contributed by atoms with Crippen molar-refractivity contribution in [3.05, 3.63) is 35.8 Å². The minimum Gasteiger partial charge on any atom is -0.360 e. The molecule has 0 fully saturated rings. The number of carbonyl (C=O) groups is 1. The summed E-state index contributed by atoms with van der Waals surface area (Å²) in [6.45, 7) is 2.71. The maximum Gasteiger partial charge on any atom is 0.253 e. The Morgan fingerprint density at radius 2 is 2.29 bits per heavy atom. The second kappa shape index (κ2) is 4.99. The van der Waals surface area contributed by atoms with Crippen molar-refractivity contribution >= 4 is 16.8 Å². The molecule has 4 heteroatoms. The quantitative estimate of drug-likeness (QED) is 0.785. The van der Waals surface area contributed by atoms with E-state index >= 15 is 0 Å². The lowest BCUT2D eigenvalue weighted by Gasteiger charge is -2.02. The summed E-state index contributed by atoms with van der Waals surface area (Å²) in [5.74, 6) is -0.491. The van der Waals surface area contributed by atoms with Gasteiger partial charge in [0.1, 0.15) is 5.82 Å². The molecule has 1 heterocycles. The third-order valence-corrected chi connectivity index (χ3v) is 2.70. The summed E-state index contributed by atoms with van der Waals surface area (Å²) in [5, 5.41) is 3.44. The van der Waals surface area contributed by atoms with Crippen molar-refractivity contribution in [2.75, 3.05) is 6.54 Å². The van der Waals surface area contributed by atoms with Crippen molar-refractivity contribution in [3.8, 4) is 0 Å². The number of nitrogens with one attached hydrogen (secondary N) is 2. The van der Waals surface area contributed by atoms with Gasteiger partial charge in [-0.3, -0.25) is 4.79 Å². The standard InChI is InChI=1S/C13H15FN2O/c1-2-3-6-15-13(17)11-8-16-12-5-4-9(14)7-10(11)12/h4-5,7-8,16H,2-3,6H2,1H3,(H,15,17). The third kappa shape index (κ3) is 2.46. The first-order valence-electron chi connectivity index (χ1n) is 5.77. The van der Waals surface area contributed by atoms with Gasteiger partial charge in [0.05, 0.1) is 5.56 Å². The number of rotatable bonds is 4. The smallest absolute Gasteiger partial charge is 0.253 e. The van der Waals surface area contributed by atoms with E-state index in [0.717, 1.165) is 18.4 Å². The van der Waals surface area contributed by atoms with Crippen LogP contribution in [-0.2, 0) is 0 Å². The molecule has 0 saturated carbocycles. The van der Waals surface area contributed by atoms with Gasteiger partial charge in [0.2, 0.25) is 0 Å². The van der Waals surface area contributed by atoms with Gasteiger partial charge in [0, 0.05) is 23.6 Å². The van der Waals surface area contributed by atoms with Crippen molar-refractivity contribution in [3.63, 3.8) is 0 Å². The summed E-state index contributed by atoms with van der Waals surface area (Å²) in [4.78, 5) is 14.8. The van der Waals surface area contributed by atoms with Crippen molar-refractivity contribution in [1.29, 1.82) is 0 Å². The molecule has 2 aromatic rings. The minimum atomic E-state index is -0.334. The minimum absolute atomic E-state index is 0.157. The Hall–Kier alpha value is -1.84. The van der Waals surface area contributed by atoms with Gasteiger partial charge in [0.25, 0.3) is 5.91 Å². The number of halogens is 1.